The minimum Gasteiger partial charge on any atom is -0.454 e. The Morgan fingerprint density at radius 1 is 1.30 bits per heavy atom. The Labute approximate surface area is 118 Å². The Morgan fingerprint density at radius 2 is 1.95 bits per heavy atom. The molecular formula is C15H21N3O2. The fourth-order valence-corrected chi connectivity index (χ4v) is 2.55. The summed E-state index contributed by atoms with van der Waals surface area (Å²) in [4.78, 5) is 4.75. The fourth-order valence-electron chi connectivity index (χ4n) is 2.55. The predicted molar refractivity (Wildman–Crippen MR) is 78.2 cm³/mol. The highest BCUT2D eigenvalue weighted by atomic mass is 16.7. The van der Waals surface area contributed by atoms with Crippen molar-refractivity contribution < 1.29 is 9.47 Å². The van der Waals surface area contributed by atoms with E-state index in [-0.39, 0.29) is 12.3 Å². The largest absolute Gasteiger partial charge is 0.454 e. The molecule has 1 aliphatic rings. The summed E-state index contributed by atoms with van der Waals surface area (Å²) >= 11 is 0. The maximum Gasteiger partial charge on any atom is 0.231 e. The summed E-state index contributed by atoms with van der Waals surface area (Å²) in [6, 6.07) is 3.95. The third-order valence-corrected chi connectivity index (χ3v) is 3.35. The number of nitrogens with zero attached hydrogens (tertiary/aromatic N) is 2. The zero-order valence-corrected chi connectivity index (χ0v) is 12.4. The predicted octanol–water partition coefficient (Wildman–Crippen LogP) is 2.63. The second-order valence-corrected chi connectivity index (χ2v) is 6.39. The van der Waals surface area contributed by atoms with Gasteiger partial charge in [0.1, 0.15) is 5.82 Å². The van der Waals surface area contributed by atoms with Crippen LogP contribution in [-0.2, 0) is 6.54 Å². The van der Waals surface area contributed by atoms with E-state index < -0.39 is 0 Å². The quantitative estimate of drug-likeness (QED) is 0.935. The summed E-state index contributed by atoms with van der Waals surface area (Å²) in [7, 11) is 0. The summed E-state index contributed by atoms with van der Waals surface area (Å²) < 4.78 is 13.1. The van der Waals surface area contributed by atoms with Crippen LogP contribution in [0.2, 0.25) is 0 Å². The number of benzene rings is 1. The molecular weight excluding hydrogens is 254 g/mol. The van der Waals surface area contributed by atoms with Crippen LogP contribution in [0.3, 0.4) is 0 Å². The average molecular weight is 275 g/mol. The number of aromatic nitrogens is 2. The smallest absolute Gasteiger partial charge is 0.231 e. The highest BCUT2D eigenvalue weighted by Crippen LogP contribution is 2.37. The lowest BCUT2D eigenvalue weighted by Crippen LogP contribution is -2.37. The first kappa shape index (κ1) is 13.2. The van der Waals surface area contributed by atoms with E-state index in [4.69, 9.17) is 20.2 Å². The second kappa shape index (κ2) is 4.38. The molecule has 1 aromatic carbocycles. The summed E-state index contributed by atoms with van der Waals surface area (Å²) in [6.07, 6.45) is 0. The van der Waals surface area contributed by atoms with E-state index >= 15 is 0 Å². The minimum atomic E-state index is -0.298. The van der Waals surface area contributed by atoms with Gasteiger partial charge < -0.3 is 19.8 Å². The molecule has 0 aliphatic carbocycles. The second-order valence-electron chi connectivity index (χ2n) is 6.39. The Hall–Kier alpha value is -1.75. The number of fused-ring (bicyclic) bond motifs is 2. The molecule has 2 N–H and O–H groups in total. The molecule has 0 fully saturated rings. The molecule has 0 unspecified atom stereocenters. The molecule has 1 aromatic heterocycles. The molecule has 2 heterocycles. The lowest BCUT2D eigenvalue weighted by atomic mass is 10.1. The Morgan fingerprint density at radius 3 is 2.55 bits per heavy atom. The van der Waals surface area contributed by atoms with Gasteiger partial charge in [-0.1, -0.05) is 13.8 Å². The molecule has 0 saturated carbocycles. The highest BCUT2D eigenvalue weighted by molar-refractivity contribution is 5.81. The maximum absolute atomic E-state index is 6.19. The van der Waals surface area contributed by atoms with Crippen LogP contribution in [0.25, 0.3) is 11.0 Å². The van der Waals surface area contributed by atoms with E-state index in [2.05, 4.69) is 18.4 Å². The molecule has 0 atom stereocenters. The van der Waals surface area contributed by atoms with Crippen molar-refractivity contribution in [2.45, 2.75) is 45.7 Å². The van der Waals surface area contributed by atoms with Crippen molar-refractivity contribution in [2.24, 2.45) is 5.73 Å². The molecule has 0 bridgehead atoms. The number of rotatable bonds is 3. The molecule has 0 radical (unpaired) electrons. The lowest BCUT2D eigenvalue weighted by Gasteiger charge is -2.22. The fraction of sp³-hybridized carbons (Fsp3) is 0.533. The molecule has 0 saturated heterocycles. The van der Waals surface area contributed by atoms with Gasteiger partial charge in [-0.2, -0.15) is 0 Å². The van der Waals surface area contributed by atoms with Gasteiger partial charge in [-0.3, -0.25) is 0 Å². The van der Waals surface area contributed by atoms with Crippen LogP contribution >= 0.6 is 0 Å². The first-order valence-electron chi connectivity index (χ1n) is 6.94. The molecule has 3 rings (SSSR count). The van der Waals surface area contributed by atoms with E-state index in [1.807, 2.05) is 26.0 Å². The summed E-state index contributed by atoms with van der Waals surface area (Å²) in [5.41, 5.74) is 7.88. The van der Waals surface area contributed by atoms with Gasteiger partial charge in [0.2, 0.25) is 6.79 Å². The Kier molecular flexibility index (Phi) is 2.90. The number of imidazole rings is 1. The van der Waals surface area contributed by atoms with Crippen LogP contribution in [-0.4, -0.2) is 21.9 Å². The molecule has 5 heteroatoms. The topological polar surface area (TPSA) is 62.3 Å². The van der Waals surface area contributed by atoms with Gasteiger partial charge in [0.05, 0.1) is 11.0 Å². The van der Waals surface area contributed by atoms with Crippen molar-refractivity contribution in [2.75, 3.05) is 6.79 Å². The zero-order chi connectivity index (χ0) is 14.5. The van der Waals surface area contributed by atoms with E-state index in [1.54, 1.807) is 0 Å². The third kappa shape index (κ3) is 2.22. The van der Waals surface area contributed by atoms with Gasteiger partial charge in [0.25, 0.3) is 0 Å². The van der Waals surface area contributed by atoms with Crippen LogP contribution < -0.4 is 15.2 Å². The van der Waals surface area contributed by atoms with Crippen molar-refractivity contribution in [3.63, 3.8) is 0 Å². The summed E-state index contributed by atoms with van der Waals surface area (Å²) in [5, 5.41) is 0. The summed E-state index contributed by atoms with van der Waals surface area (Å²) in [5.74, 6) is 2.93. The first-order chi connectivity index (χ1) is 9.35. The molecule has 0 spiro atoms. The van der Waals surface area contributed by atoms with E-state index in [9.17, 15) is 0 Å². The van der Waals surface area contributed by atoms with Crippen LogP contribution in [0.4, 0.5) is 0 Å². The summed E-state index contributed by atoms with van der Waals surface area (Å²) in [6.45, 7) is 9.33. The monoisotopic (exact) mass is 275 g/mol. The SMILES string of the molecule is CC(C)c1nc2cc3c(cc2n1CC(C)(C)N)OCO3. The van der Waals surface area contributed by atoms with Gasteiger partial charge >= 0.3 is 0 Å². The van der Waals surface area contributed by atoms with Crippen molar-refractivity contribution in [1.82, 2.24) is 9.55 Å². The van der Waals surface area contributed by atoms with Crippen molar-refractivity contribution >= 4 is 11.0 Å². The molecule has 0 amide bonds. The van der Waals surface area contributed by atoms with Gasteiger partial charge in [0.15, 0.2) is 11.5 Å². The number of hydrogen-bond acceptors (Lipinski definition) is 4. The van der Waals surface area contributed by atoms with Crippen molar-refractivity contribution in [1.29, 1.82) is 0 Å². The Bertz CT molecular complexity index is 653. The van der Waals surface area contributed by atoms with E-state index in [0.717, 1.165) is 34.9 Å². The molecule has 20 heavy (non-hydrogen) atoms. The van der Waals surface area contributed by atoms with Crippen LogP contribution in [0.5, 0.6) is 11.5 Å². The highest BCUT2D eigenvalue weighted by Gasteiger charge is 2.23. The van der Waals surface area contributed by atoms with Gasteiger partial charge in [0, 0.05) is 30.1 Å². The molecule has 108 valence electrons. The van der Waals surface area contributed by atoms with Crippen LogP contribution in [0, 0.1) is 0 Å². The van der Waals surface area contributed by atoms with Gasteiger partial charge in [-0.25, -0.2) is 4.98 Å². The number of hydrogen-bond donors (Lipinski definition) is 1. The normalized spacial score (nSPS) is 14.5. The Balaban J connectivity index is 2.20. The van der Waals surface area contributed by atoms with Gasteiger partial charge in [-0.05, 0) is 13.8 Å². The van der Waals surface area contributed by atoms with Crippen molar-refractivity contribution in [3.8, 4) is 11.5 Å². The average Bonchev–Trinajstić information content (AvgIpc) is 2.89. The van der Waals surface area contributed by atoms with Crippen LogP contribution in [0.15, 0.2) is 12.1 Å². The van der Waals surface area contributed by atoms with Gasteiger partial charge in [-0.15, -0.1) is 0 Å². The van der Waals surface area contributed by atoms with Crippen LogP contribution in [0.1, 0.15) is 39.4 Å². The number of ether oxygens (including phenoxy) is 2. The molecule has 5 nitrogen and oxygen atoms in total. The lowest BCUT2D eigenvalue weighted by molar-refractivity contribution is 0.174. The maximum atomic E-state index is 6.19. The molecule has 1 aliphatic heterocycles. The standard InChI is InChI=1S/C15H21N3O2/c1-9(2)14-17-10-5-12-13(20-8-19-12)6-11(10)18(14)7-15(3,4)16/h5-6,9H,7-8,16H2,1-4H3. The third-order valence-electron chi connectivity index (χ3n) is 3.35. The first-order valence-corrected chi connectivity index (χ1v) is 6.94. The minimum absolute atomic E-state index is 0.279. The number of nitrogens with two attached hydrogens (primary N) is 1. The molecule has 2 aromatic rings. The van der Waals surface area contributed by atoms with E-state index in [0.29, 0.717) is 5.92 Å². The van der Waals surface area contributed by atoms with Crippen molar-refractivity contribution in [3.05, 3.63) is 18.0 Å². The van der Waals surface area contributed by atoms with E-state index in [1.165, 1.54) is 0 Å². The zero-order valence-electron chi connectivity index (χ0n) is 12.4.